The Balaban J connectivity index is 1.47. The van der Waals surface area contributed by atoms with Crippen molar-refractivity contribution in [2.45, 2.75) is 49.0 Å². The van der Waals surface area contributed by atoms with E-state index in [-0.39, 0.29) is 0 Å². The third-order valence-corrected chi connectivity index (χ3v) is 8.76. The van der Waals surface area contributed by atoms with Crippen LogP contribution < -0.4 is 0 Å². The van der Waals surface area contributed by atoms with Gasteiger partial charge in [0, 0.05) is 29.0 Å². The lowest BCUT2D eigenvalue weighted by Gasteiger charge is -2.33. The standard InChI is InChI=1S/C17H26N2S2/c1-2-9-19(8-1)10-4-5-14-13-18-15-6-3-7-17(16(14)15)20-11-12-21-17/h13,18H,1-12H2. The van der Waals surface area contributed by atoms with Crippen LogP contribution in [0.2, 0.25) is 0 Å². The number of aromatic amines is 1. The van der Waals surface area contributed by atoms with Crippen molar-refractivity contribution in [3.05, 3.63) is 23.0 Å². The molecular weight excluding hydrogens is 296 g/mol. The van der Waals surface area contributed by atoms with E-state index in [1.165, 1.54) is 76.1 Å². The van der Waals surface area contributed by atoms with E-state index in [1.54, 1.807) is 16.8 Å². The number of hydrogen-bond donors (Lipinski definition) is 1. The number of likely N-dealkylation sites (tertiary alicyclic amines) is 1. The van der Waals surface area contributed by atoms with Gasteiger partial charge in [-0.2, -0.15) is 0 Å². The number of H-pyrrole nitrogens is 1. The second-order valence-corrected chi connectivity index (χ2v) is 9.67. The Morgan fingerprint density at radius 3 is 2.76 bits per heavy atom. The summed E-state index contributed by atoms with van der Waals surface area (Å²) in [5.41, 5.74) is 4.90. The monoisotopic (exact) mass is 322 g/mol. The van der Waals surface area contributed by atoms with E-state index in [0.29, 0.717) is 4.08 Å². The van der Waals surface area contributed by atoms with Crippen molar-refractivity contribution in [3.8, 4) is 0 Å². The van der Waals surface area contributed by atoms with Gasteiger partial charge in [-0.15, -0.1) is 23.5 Å². The average molecular weight is 323 g/mol. The van der Waals surface area contributed by atoms with Crippen LogP contribution in [0.15, 0.2) is 6.20 Å². The molecule has 2 fully saturated rings. The highest BCUT2D eigenvalue weighted by Crippen LogP contribution is 2.58. The minimum atomic E-state index is 0.413. The van der Waals surface area contributed by atoms with E-state index < -0.39 is 0 Å². The summed E-state index contributed by atoms with van der Waals surface area (Å²) in [6.45, 7) is 3.97. The predicted octanol–water partition coefficient (Wildman–Crippen LogP) is 4.01. The van der Waals surface area contributed by atoms with Gasteiger partial charge in [-0.3, -0.25) is 0 Å². The number of aryl methyl sites for hydroxylation is 2. The first kappa shape index (κ1) is 14.5. The van der Waals surface area contributed by atoms with Crippen LogP contribution in [0, 0.1) is 0 Å². The van der Waals surface area contributed by atoms with E-state index in [2.05, 4.69) is 39.6 Å². The van der Waals surface area contributed by atoms with Crippen LogP contribution in [0.5, 0.6) is 0 Å². The van der Waals surface area contributed by atoms with Gasteiger partial charge < -0.3 is 9.88 Å². The third kappa shape index (κ3) is 2.79. The Labute approximate surface area is 136 Å². The number of nitrogens with one attached hydrogen (secondary N) is 1. The molecule has 1 N–H and O–H groups in total. The van der Waals surface area contributed by atoms with Crippen molar-refractivity contribution >= 4 is 23.5 Å². The number of thioether (sulfide) groups is 2. The molecule has 116 valence electrons. The molecule has 1 aliphatic carbocycles. The minimum Gasteiger partial charge on any atom is -0.364 e. The van der Waals surface area contributed by atoms with E-state index >= 15 is 0 Å². The van der Waals surface area contributed by atoms with Gasteiger partial charge in [-0.25, -0.2) is 0 Å². The van der Waals surface area contributed by atoms with Gasteiger partial charge in [0.05, 0.1) is 4.08 Å². The summed E-state index contributed by atoms with van der Waals surface area (Å²) in [4.78, 5) is 6.26. The molecule has 4 heteroatoms. The lowest BCUT2D eigenvalue weighted by atomic mass is 9.92. The van der Waals surface area contributed by atoms with Gasteiger partial charge in [0.25, 0.3) is 0 Å². The number of aromatic nitrogens is 1. The first-order valence-electron chi connectivity index (χ1n) is 8.57. The zero-order valence-corrected chi connectivity index (χ0v) is 14.5. The fourth-order valence-electron chi connectivity index (χ4n) is 4.25. The summed E-state index contributed by atoms with van der Waals surface area (Å²) >= 11 is 4.44. The molecular formula is C17H26N2S2. The summed E-state index contributed by atoms with van der Waals surface area (Å²) in [6, 6.07) is 0. The zero-order valence-electron chi connectivity index (χ0n) is 12.8. The molecule has 0 amide bonds. The number of hydrogen-bond acceptors (Lipinski definition) is 3. The molecule has 0 radical (unpaired) electrons. The van der Waals surface area contributed by atoms with E-state index in [9.17, 15) is 0 Å². The molecule has 0 unspecified atom stereocenters. The van der Waals surface area contributed by atoms with E-state index in [4.69, 9.17) is 0 Å². The van der Waals surface area contributed by atoms with Crippen LogP contribution in [0.1, 0.15) is 48.9 Å². The molecule has 1 aromatic heterocycles. The molecule has 2 nitrogen and oxygen atoms in total. The van der Waals surface area contributed by atoms with Gasteiger partial charge in [0.15, 0.2) is 0 Å². The van der Waals surface area contributed by atoms with Crippen LogP contribution >= 0.6 is 23.5 Å². The molecule has 21 heavy (non-hydrogen) atoms. The zero-order chi connectivity index (χ0) is 14.1. The fourth-order valence-corrected chi connectivity index (χ4v) is 7.78. The lowest BCUT2D eigenvalue weighted by molar-refractivity contribution is 0.334. The van der Waals surface area contributed by atoms with Crippen molar-refractivity contribution in [3.63, 3.8) is 0 Å². The van der Waals surface area contributed by atoms with Crippen LogP contribution in [0.3, 0.4) is 0 Å². The molecule has 0 atom stereocenters. The van der Waals surface area contributed by atoms with Crippen molar-refractivity contribution in [2.75, 3.05) is 31.1 Å². The lowest BCUT2D eigenvalue weighted by Crippen LogP contribution is -2.23. The Morgan fingerprint density at radius 2 is 1.95 bits per heavy atom. The maximum atomic E-state index is 3.62. The number of nitrogens with zero attached hydrogens (tertiary/aromatic N) is 1. The fraction of sp³-hybridized carbons (Fsp3) is 0.765. The van der Waals surface area contributed by atoms with Gasteiger partial charge in [-0.1, -0.05) is 0 Å². The highest BCUT2D eigenvalue weighted by atomic mass is 32.2. The van der Waals surface area contributed by atoms with Gasteiger partial charge in [0.1, 0.15) is 0 Å². The predicted molar refractivity (Wildman–Crippen MR) is 94.3 cm³/mol. The molecule has 3 aliphatic rings. The Hall–Kier alpha value is -0.0600. The molecule has 2 aliphatic heterocycles. The summed E-state index contributed by atoms with van der Waals surface area (Å²) < 4.78 is 0.413. The number of fused-ring (bicyclic) bond motifs is 2. The van der Waals surface area contributed by atoms with E-state index in [0.717, 1.165) is 0 Å². The average Bonchev–Trinajstić information content (AvgIpc) is 3.21. The molecule has 0 saturated carbocycles. The first-order chi connectivity index (χ1) is 10.4. The van der Waals surface area contributed by atoms with Crippen molar-refractivity contribution < 1.29 is 0 Å². The van der Waals surface area contributed by atoms with Gasteiger partial charge in [0.2, 0.25) is 0 Å². The largest absolute Gasteiger partial charge is 0.364 e. The SMILES string of the molecule is c1[nH]c2c(c1CCCN1CCCC1)C1(CCC2)SCCS1. The smallest absolute Gasteiger partial charge is 0.0880 e. The van der Waals surface area contributed by atoms with E-state index in [1.807, 2.05) is 0 Å². The van der Waals surface area contributed by atoms with Crippen molar-refractivity contribution in [2.24, 2.45) is 0 Å². The Kier molecular flexibility index (Phi) is 4.30. The summed E-state index contributed by atoms with van der Waals surface area (Å²) in [5.74, 6) is 2.67. The van der Waals surface area contributed by atoms with Crippen molar-refractivity contribution in [1.82, 2.24) is 9.88 Å². The van der Waals surface area contributed by atoms with Gasteiger partial charge in [-0.05, 0) is 70.1 Å². The van der Waals surface area contributed by atoms with Gasteiger partial charge >= 0.3 is 0 Å². The van der Waals surface area contributed by atoms with Crippen LogP contribution in [0.4, 0.5) is 0 Å². The van der Waals surface area contributed by atoms with Crippen LogP contribution in [-0.2, 0) is 16.9 Å². The second kappa shape index (κ2) is 6.21. The molecule has 1 spiro atoms. The Bertz CT molecular complexity index is 485. The van der Waals surface area contributed by atoms with Crippen molar-refractivity contribution in [1.29, 1.82) is 0 Å². The summed E-state index contributed by atoms with van der Waals surface area (Å²) in [6.07, 6.45) is 11.8. The maximum Gasteiger partial charge on any atom is 0.0880 e. The Morgan fingerprint density at radius 1 is 1.14 bits per heavy atom. The normalized spacial score (nSPS) is 24.8. The minimum absolute atomic E-state index is 0.413. The first-order valence-corrected chi connectivity index (χ1v) is 10.5. The highest BCUT2D eigenvalue weighted by molar-refractivity contribution is 8.20. The highest BCUT2D eigenvalue weighted by Gasteiger charge is 2.42. The summed E-state index contributed by atoms with van der Waals surface area (Å²) in [7, 11) is 0. The molecule has 0 bridgehead atoms. The number of rotatable bonds is 4. The van der Waals surface area contributed by atoms with Crippen LogP contribution in [-0.4, -0.2) is 41.0 Å². The van der Waals surface area contributed by atoms with Crippen LogP contribution in [0.25, 0.3) is 0 Å². The second-order valence-electron chi connectivity index (χ2n) is 6.62. The third-order valence-electron chi connectivity index (χ3n) is 5.23. The maximum absolute atomic E-state index is 3.62. The molecule has 0 aromatic carbocycles. The molecule has 4 rings (SSSR count). The molecule has 1 aromatic rings. The summed E-state index contributed by atoms with van der Waals surface area (Å²) in [5, 5.41) is 0. The topological polar surface area (TPSA) is 19.0 Å². The molecule has 2 saturated heterocycles. The quantitative estimate of drug-likeness (QED) is 0.904. The molecule has 3 heterocycles.